The van der Waals surface area contributed by atoms with Crippen molar-refractivity contribution >= 4 is 11.6 Å². The van der Waals surface area contributed by atoms with Gasteiger partial charge in [-0.25, -0.2) is 0 Å². The average molecular weight is 294 g/mol. The van der Waals surface area contributed by atoms with Crippen molar-refractivity contribution in [2.24, 2.45) is 0 Å². The zero-order valence-corrected chi connectivity index (χ0v) is 10.6. The van der Waals surface area contributed by atoms with Gasteiger partial charge in [-0.1, -0.05) is 11.6 Å². The highest BCUT2D eigenvalue weighted by Crippen LogP contribution is 2.25. The second-order valence-electron chi connectivity index (χ2n) is 3.89. The Morgan fingerprint density at radius 2 is 1.60 bits per heavy atom. The third-order valence-corrected chi connectivity index (χ3v) is 2.81. The van der Waals surface area contributed by atoms with E-state index in [4.69, 9.17) is 16.0 Å². The van der Waals surface area contributed by atoms with Crippen LogP contribution in [0.25, 0.3) is 22.9 Å². The van der Waals surface area contributed by atoms with Crippen molar-refractivity contribution in [1.29, 1.82) is 0 Å². The summed E-state index contributed by atoms with van der Waals surface area (Å²) >= 11 is 5.78. The smallest absolute Gasteiger partial charge is 0.252 e. The normalized spacial score (nSPS) is 10.8. The molecule has 0 unspecified atom stereocenters. The Morgan fingerprint density at radius 3 is 2.30 bits per heavy atom. The van der Waals surface area contributed by atoms with Gasteiger partial charge >= 0.3 is 0 Å². The van der Waals surface area contributed by atoms with E-state index in [2.05, 4.69) is 15.2 Å². The first kappa shape index (κ1) is 12.7. The molecule has 0 aliphatic rings. The molecule has 1 aromatic carbocycles. The van der Waals surface area contributed by atoms with Gasteiger partial charge in [-0.3, -0.25) is 0 Å². The zero-order chi connectivity index (χ0) is 14.1. The van der Waals surface area contributed by atoms with Gasteiger partial charge in [-0.15, -0.1) is 10.2 Å². The molecular weight excluding hydrogens is 288 g/mol. The summed E-state index contributed by atoms with van der Waals surface area (Å²) in [6.07, 6.45) is 0. The first-order valence-electron chi connectivity index (χ1n) is 5.55. The maximum atomic E-state index is 13.5. The lowest BCUT2D eigenvalue weighted by Crippen LogP contribution is -1.92. The van der Waals surface area contributed by atoms with Gasteiger partial charge in [0.25, 0.3) is 5.89 Å². The molecule has 0 N–H and O–H groups in total. The van der Waals surface area contributed by atoms with Gasteiger partial charge in [0, 0.05) is 10.6 Å². The summed E-state index contributed by atoms with van der Waals surface area (Å²) in [4.78, 5) is 3.06. The Balaban J connectivity index is 1.99. The van der Waals surface area contributed by atoms with Crippen molar-refractivity contribution in [1.82, 2.24) is 15.2 Å². The number of halogens is 3. The molecule has 0 bridgehead atoms. The van der Waals surface area contributed by atoms with Crippen molar-refractivity contribution in [3.8, 4) is 22.9 Å². The number of aromatic nitrogens is 3. The van der Waals surface area contributed by atoms with E-state index in [1.54, 1.807) is 24.3 Å². The van der Waals surface area contributed by atoms with Crippen molar-refractivity contribution < 1.29 is 13.2 Å². The Bertz CT molecular complexity index is 759. The minimum Gasteiger partial charge on any atom is -0.416 e. The molecule has 0 fully saturated rings. The molecule has 2 aromatic heterocycles. The third kappa shape index (κ3) is 2.37. The molecular formula is C13H6ClF2N3O. The summed E-state index contributed by atoms with van der Waals surface area (Å²) in [5.41, 5.74) is 0.586. The Morgan fingerprint density at radius 1 is 0.900 bits per heavy atom. The highest BCUT2D eigenvalue weighted by Gasteiger charge is 2.15. The molecule has 3 aromatic rings. The minimum atomic E-state index is -1.00. The predicted octanol–water partition coefficient (Wildman–Crippen LogP) is 3.73. The molecule has 0 saturated carbocycles. The molecule has 0 saturated heterocycles. The lowest BCUT2D eigenvalue weighted by Gasteiger charge is -1.97. The topological polar surface area (TPSA) is 51.8 Å². The van der Waals surface area contributed by atoms with E-state index in [0.29, 0.717) is 10.6 Å². The van der Waals surface area contributed by atoms with Crippen LogP contribution in [-0.4, -0.2) is 15.2 Å². The molecule has 0 atom stereocenters. The monoisotopic (exact) mass is 293 g/mol. The van der Waals surface area contributed by atoms with Crippen LogP contribution in [0.15, 0.2) is 40.8 Å². The van der Waals surface area contributed by atoms with E-state index < -0.39 is 11.9 Å². The molecule has 0 radical (unpaired) electrons. The summed E-state index contributed by atoms with van der Waals surface area (Å²) in [6.45, 7) is 0. The second-order valence-corrected chi connectivity index (χ2v) is 4.33. The van der Waals surface area contributed by atoms with E-state index in [1.807, 2.05) is 0 Å². The third-order valence-electron chi connectivity index (χ3n) is 2.56. The lowest BCUT2D eigenvalue weighted by atomic mass is 10.2. The number of pyridine rings is 1. The van der Waals surface area contributed by atoms with Crippen LogP contribution in [0.3, 0.4) is 0 Å². The molecule has 20 heavy (non-hydrogen) atoms. The highest BCUT2D eigenvalue weighted by atomic mass is 35.5. The number of nitrogens with zero attached hydrogens (tertiary/aromatic N) is 3. The van der Waals surface area contributed by atoms with Crippen LogP contribution in [-0.2, 0) is 0 Å². The van der Waals surface area contributed by atoms with Crippen LogP contribution in [0, 0.1) is 11.9 Å². The Hall–Kier alpha value is -2.34. The van der Waals surface area contributed by atoms with Crippen LogP contribution < -0.4 is 0 Å². The van der Waals surface area contributed by atoms with E-state index in [1.165, 1.54) is 6.07 Å². The first-order valence-corrected chi connectivity index (χ1v) is 5.93. The maximum Gasteiger partial charge on any atom is 0.252 e. The summed E-state index contributed by atoms with van der Waals surface area (Å²) in [5.74, 6) is -1.78. The van der Waals surface area contributed by atoms with Gasteiger partial charge in [0.1, 0.15) is 0 Å². The van der Waals surface area contributed by atoms with Crippen LogP contribution in [0.4, 0.5) is 8.78 Å². The molecule has 0 spiro atoms. The molecule has 3 rings (SSSR count). The SMILES string of the molecule is Fc1ccc(-c2nnc(-c3ccc(Cl)cc3)o2)c(F)n1. The number of hydrogen-bond donors (Lipinski definition) is 0. The van der Waals surface area contributed by atoms with E-state index in [0.717, 1.165) is 6.07 Å². The van der Waals surface area contributed by atoms with Gasteiger partial charge in [-0.05, 0) is 36.4 Å². The average Bonchev–Trinajstić information content (AvgIpc) is 2.89. The molecule has 0 aliphatic carbocycles. The number of hydrogen-bond acceptors (Lipinski definition) is 4. The summed E-state index contributed by atoms with van der Waals surface area (Å²) < 4.78 is 31.6. The maximum absolute atomic E-state index is 13.5. The zero-order valence-electron chi connectivity index (χ0n) is 9.85. The van der Waals surface area contributed by atoms with Crippen LogP contribution in [0.1, 0.15) is 0 Å². The molecule has 100 valence electrons. The van der Waals surface area contributed by atoms with Gasteiger partial charge < -0.3 is 4.42 Å². The van der Waals surface area contributed by atoms with Gasteiger partial charge in [0.2, 0.25) is 17.8 Å². The number of rotatable bonds is 2. The van der Waals surface area contributed by atoms with Gasteiger partial charge in [0.15, 0.2) is 0 Å². The van der Waals surface area contributed by atoms with Gasteiger partial charge in [-0.2, -0.15) is 13.8 Å². The number of benzene rings is 1. The molecule has 0 amide bonds. The molecule has 2 heterocycles. The van der Waals surface area contributed by atoms with Crippen molar-refractivity contribution in [2.45, 2.75) is 0 Å². The van der Waals surface area contributed by atoms with Crippen LogP contribution in [0.5, 0.6) is 0 Å². The van der Waals surface area contributed by atoms with E-state index in [9.17, 15) is 8.78 Å². The molecule has 4 nitrogen and oxygen atoms in total. The van der Waals surface area contributed by atoms with Crippen molar-refractivity contribution in [3.05, 3.63) is 53.3 Å². The Kier molecular flexibility index (Phi) is 3.15. The quantitative estimate of drug-likeness (QED) is 0.676. The fourth-order valence-corrected chi connectivity index (χ4v) is 1.74. The summed E-state index contributed by atoms with van der Waals surface area (Å²) in [5, 5.41) is 8.10. The molecule has 0 aliphatic heterocycles. The van der Waals surface area contributed by atoms with Crippen LogP contribution >= 0.6 is 11.6 Å². The highest BCUT2D eigenvalue weighted by molar-refractivity contribution is 6.30. The molecule has 7 heteroatoms. The largest absolute Gasteiger partial charge is 0.416 e. The minimum absolute atomic E-state index is 0.0564. The lowest BCUT2D eigenvalue weighted by molar-refractivity contribution is 0.507. The van der Waals surface area contributed by atoms with Gasteiger partial charge in [0.05, 0.1) is 5.56 Å². The van der Waals surface area contributed by atoms with Crippen molar-refractivity contribution in [3.63, 3.8) is 0 Å². The second kappa shape index (κ2) is 4.97. The summed E-state index contributed by atoms with van der Waals surface area (Å²) in [6, 6.07) is 8.93. The Labute approximate surface area is 117 Å². The predicted molar refractivity (Wildman–Crippen MR) is 67.9 cm³/mol. The first-order chi connectivity index (χ1) is 9.63. The summed E-state index contributed by atoms with van der Waals surface area (Å²) in [7, 11) is 0. The fraction of sp³-hybridized carbons (Fsp3) is 0. The van der Waals surface area contributed by atoms with Crippen molar-refractivity contribution in [2.75, 3.05) is 0 Å². The van der Waals surface area contributed by atoms with Crippen LogP contribution in [0.2, 0.25) is 5.02 Å². The van der Waals surface area contributed by atoms with E-state index >= 15 is 0 Å². The van der Waals surface area contributed by atoms with E-state index in [-0.39, 0.29) is 17.3 Å². The standard InChI is InChI=1S/C13H6ClF2N3O/c14-8-3-1-7(2-4-8)12-18-19-13(20-12)9-5-6-10(15)17-11(9)16/h1-6H. The fourth-order valence-electron chi connectivity index (χ4n) is 1.61.